The number of benzene rings is 1. The van der Waals surface area contributed by atoms with Crippen molar-refractivity contribution >= 4 is 31.9 Å². The zero-order valence-electron chi connectivity index (χ0n) is 9.43. The summed E-state index contributed by atoms with van der Waals surface area (Å²) < 4.78 is 14.0. The summed E-state index contributed by atoms with van der Waals surface area (Å²) in [6.07, 6.45) is 0.635. The Morgan fingerprint density at radius 2 is 2.11 bits per heavy atom. The number of aryl methyl sites for hydroxylation is 1. The summed E-state index contributed by atoms with van der Waals surface area (Å²) in [5.41, 5.74) is 1.08. The van der Waals surface area contributed by atoms with Gasteiger partial charge in [0.15, 0.2) is 0 Å². The smallest absolute Gasteiger partial charge is 0.265 e. The van der Waals surface area contributed by atoms with E-state index in [0.29, 0.717) is 32.4 Å². The Balaban J connectivity index is 2.64. The Hall–Kier alpha value is -1.01. The molecule has 0 spiro atoms. The van der Waals surface area contributed by atoms with Gasteiger partial charge in [-0.05, 0) is 56.5 Å². The van der Waals surface area contributed by atoms with Gasteiger partial charge in [-0.2, -0.15) is 0 Å². The molecule has 0 saturated heterocycles. The van der Waals surface area contributed by atoms with E-state index in [0.717, 1.165) is 0 Å². The van der Waals surface area contributed by atoms with Crippen molar-refractivity contribution < 1.29 is 4.39 Å². The molecule has 94 valence electrons. The van der Waals surface area contributed by atoms with Crippen LogP contribution in [0.3, 0.4) is 0 Å². The van der Waals surface area contributed by atoms with E-state index >= 15 is 0 Å². The molecule has 0 unspecified atom stereocenters. The Morgan fingerprint density at radius 1 is 1.39 bits per heavy atom. The average molecular weight is 376 g/mol. The lowest BCUT2D eigenvalue weighted by molar-refractivity contribution is 0.627. The van der Waals surface area contributed by atoms with Crippen LogP contribution in [0.25, 0.3) is 11.4 Å². The van der Waals surface area contributed by atoms with Crippen LogP contribution in [0.1, 0.15) is 12.6 Å². The SMILES string of the molecule is CCc1nc(-c2ccc(F)cc2Br)[nH]c(=O)c1Br. The van der Waals surface area contributed by atoms with E-state index in [2.05, 4.69) is 41.8 Å². The summed E-state index contributed by atoms with van der Waals surface area (Å²) in [6, 6.07) is 4.24. The van der Waals surface area contributed by atoms with Crippen molar-refractivity contribution in [3.05, 3.63) is 49.0 Å². The number of rotatable bonds is 2. The molecular weight excluding hydrogens is 367 g/mol. The quantitative estimate of drug-likeness (QED) is 0.870. The first-order valence-corrected chi connectivity index (χ1v) is 6.85. The first kappa shape index (κ1) is 13.4. The maximum absolute atomic E-state index is 13.0. The molecule has 0 amide bonds. The van der Waals surface area contributed by atoms with Crippen molar-refractivity contribution in [3.63, 3.8) is 0 Å². The maximum Gasteiger partial charge on any atom is 0.265 e. The molecule has 0 aliphatic rings. The van der Waals surface area contributed by atoms with Gasteiger partial charge in [0.05, 0.1) is 5.69 Å². The molecule has 0 fully saturated rings. The minimum atomic E-state index is -0.346. The highest BCUT2D eigenvalue weighted by molar-refractivity contribution is 9.10. The zero-order valence-corrected chi connectivity index (χ0v) is 12.6. The normalized spacial score (nSPS) is 10.7. The summed E-state index contributed by atoms with van der Waals surface area (Å²) in [5, 5.41) is 0. The molecule has 2 aromatic rings. The van der Waals surface area contributed by atoms with Gasteiger partial charge < -0.3 is 4.98 Å². The van der Waals surface area contributed by atoms with Crippen molar-refractivity contribution in [2.24, 2.45) is 0 Å². The third kappa shape index (κ3) is 2.54. The zero-order chi connectivity index (χ0) is 13.3. The fourth-order valence-electron chi connectivity index (χ4n) is 1.55. The first-order valence-electron chi connectivity index (χ1n) is 5.27. The van der Waals surface area contributed by atoms with E-state index in [9.17, 15) is 9.18 Å². The number of hydrogen-bond donors (Lipinski definition) is 1. The lowest BCUT2D eigenvalue weighted by Crippen LogP contribution is -2.13. The first-order chi connectivity index (χ1) is 8.52. The molecular formula is C12H9Br2FN2O. The van der Waals surface area contributed by atoms with E-state index in [1.165, 1.54) is 12.1 Å². The van der Waals surface area contributed by atoms with Gasteiger partial charge >= 0.3 is 0 Å². The second-order valence-corrected chi connectivity index (χ2v) is 5.30. The predicted octanol–water partition coefficient (Wildman–Crippen LogP) is 3.66. The molecule has 1 aromatic carbocycles. The lowest BCUT2D eigenvalue weighted by atomic mass is 10.2. The number of H-pyrrole nitrogens is 1. The Morgan fingerprint density at radius 3 is 2.72 bits per heavy atom. The second-order valence-electron chi connectivity index (χ2n) is 3.65. The van der Waals surface area contributed by atoms with Gasteiger partial charge in [-0.1, -0.05) is 6.92 Å². The van der Waals surface area contributed by atoms with Crippen LogP contribution in [-0.4, -0.2) is 9.97 Å². The van der Waals surface area contributed by atoms with E-state index < -0.39 is 0 Å². The molecule has 0 bridgehead atoms. The van der Waals surface area contributed by atoms with E-state index in [-0.39, 0.29) is 11.4 Å². The van der Waals surface area contributed by atoms with Gasteiger partial charge in [-0.15, -0.1) is 0 Å². The number of nitrogens with one attached hydrogen (secondary N) is 1. The highest BCUT2D eigenvalue weighted by Crippen LogP contribution is 2.26. The minimum absolute atomic E-state index is 0.243. The molecule has 0 aliphatic carbocycles. The molecule has 0 saturated carbocycles. The van der Waals surface area contributed by atoms with Crippen LogP contribution in [0.5, 0.6) is 0 Å². The van der Waals surface area contributed by atoms with Crippen LogP contribution in [0.4, 0.5) is 4.39 Å². The third-order valence-electron chi connectivity index (χ3n) is 2.45. The average Bonchev–Trinajstić information content (AvgIpc) is 2.32. The molecule has 6 heteroatoms. The molecule has 0 aliphatic heterocycles. The molecule has 3 nitrogen and oxygen atoms in total. The molecule has 1 aromatic heterocycles. The Bertz CT molecular complexity index is 655. The van der Waals surface area contributed by atoms with Crippen LogP contribution in [0.15, 0.2) is 31.9 Å². The number of aromatic nitrogens is 2. The topological polar surface area (TPSA) is 45.8 Å². The van der Waals surface area contributed by atoms with Crippen LogP contribution in [-0.2, 0) is 6.42 Å². The number of halogens is 3. The number of aromatic amines is 1. The fraction of sp³-hybridized carbons (Fsp3) is 0.167. The van der Waals surface area contributed by atoms with Crippen LogP contribution < -0.4 is 5.56 Å². The van der Waals surface area contributed by atoms with Crippen molar-refractivity contribution in [2.45, 2.75) is 13.3 Å². The molecule has 2 rings (SSSR count). The number of nitrogens with zero attached hydrogens (tertiary/aromatic N) is 1. The largest absolute Gasteiger partial charge is 0.306 e. The standard InChI is InChI=1S/C12H9Br2FN2O/c1-2-9-10(14)12(18)17-11(16-9)7-4-3-6(15)5-8(7)13/h3-5H,2H2,1H3,(H,16,17,18). The third-order valence-corrected chi connectivity index (χ3v) is 3.93. The molecule has 0 atom stereocenters. The fourth-order valence-corrected chi connectivity index (χ4v) is 2.56. The second kappa shape index (κ2) is 5.32. The van der Waals surface area contributed by atoms with Gasteiger partial charge in [0.2, 0.25) is 0 Å². The molecule has 1 heterocycles. The highest BCUT2D eigenvalue weighted by Gasteiger charge is 2.11. The van der Waals surface area contributed by atoms with Gasteiger partial charge in [0.1, 0.15) is 16.1 Å². The van der Waals surface area contributed by atoms with Crippen molar-refractivity contribution in [3.8, 4) is 11.4 Å². The van der Waals surface area contributed by atoms with Gasteiger partial charge in [0.25, 0.3) is 5.56 Å². The Labute approximate surface area is 120 Å². The van der Waals surface area contributed by atoms with Crippen LogP contribution in [0.2, 0.25) is 0 Å². The lowest BCUT2D eigenvalue weighted by Gasteiger charge is -2.07. The van der Waals surface area contributed by atoms with E-state index in [1.807, 2.05) is 6.92 Å². The van der Waals surface area contributed by atoms with E-state index in [1.54, 1.807) is 6.07 Å². The summed E-state index contributed by atoms with van der Waals surface area (Å²) >= 11 is 6.46. The molecule has 0 radical (unpaired) electrons. The summed E-state index contributed by atoms with van der Waals surface area (Å²) in [4.78, 5) is 18.8. The number of hydrogen-bond acceptors (Lipinski definition) is 2. The summed E-state index contributed by atoms with van der Waals surface area (Å²) in [6.45, 7) is 1.91. The Kier molecular flexibility index (Phi) is 3.97. The summed E-state index contributed by atoms with van der Waals surface area (Å²) in [7, 11) is 0. The molecule has 1 N–H and O–H groups in total. The molecule has 18 heavy (non-hydrogen) atoms. The predicted molar refractivity (Wildman–Crippen MR) is 75.0 cm³/mol. The maximum atomic E-state index is 13.0. The van der Waals surface area contributed by atoms with Crippen LogP contribution in [0, 0.1) is 5.82 Å². The van der Waals surface area contributed by atoms with Crippen molar-refractivity contribution in [1.29, 1.82) is 0 Å². The minimum Gasteiger partial charge on any atom is -0.306 e. The van der Waals surface area contributed by atoms with Crippen LogP contribution >= 0.6 is 31.9 Å². The summed E-state index contributed by atoms with van der Waals surface area (Å²) in [5.74, 6) is 0.0766. The van der Waals surface area contributed by atoms with Gasteiger partial charge in [0, 0.05) is 10.0 Å². The van der Waals surface area contributed by atoms with Crippen molar-refractivity contribution in [1.82, 2.24) is 9.97 Å². The van der Waals surface area contributed by atoms with E-state index in [4.69, 9.17) is 0 Å². The van der Waals surface area contributed by atoms with Gasteiger partial charge in [-0.3, -0.25) is 4.79 Å². The highest BCUT2D eigenvalue weighted by atomic mass is 79.9. The van der Waals surface area contributed by atoms with Crippen molar-refractivity contribution in [2.75, 3.05) is 0 Å². The van der Waals surface area contributed by atoms with Gasteiger partial charge in [-0.25, -0.2) is 9.37 Å². The monoisotopic (exact) mass is 374 g/mol.